The van der Waals surface area contributed by atoms with E-state index in [0.717, 1.165) is 5.56 Å². The molecule has 0 saturated heterocycles. The number of rotatable bonds is 2. The van der Waals surface area contributed by atoms with Gasteiger partial charge in [-0.15, -0.1) is 22.7 Å². The van der Waals surface area contributed by atoms with E-state index in [0.29, 0.717) is 12.4 Å². The molecule has 130 valence electrons. The van der Waals surface area contributed by atoms with Gasteiger partial charge in [-0.25, -0.2) is 4.99 Å². The first-order valence-corrected chi connectivity index (χ1v) is 9.92. The summed E-state index contributed by atoms with van der Waals surface area (Å²) in [6.45, 7) is 4.17. The number of aliphatic hydroxyl groups excluding tert-OH is 1. The molecule has 25 heavy (non-hydrogen) atoms. The summed E-state index contributed by atoms with van der Waals surface area (Å²) < 4.78 is 1.26. The number of hydrogen-bond donors (Lipinski definition) is 2. The summed E-state index contributed by atoms with van der Waals surface area (Å²) in [4.78, 5) is 8.90. The molecule has 4 rings (SSSR count). The van der Waals surface area contributed by atoms with Crippen molar-refractivity contribution in [2.45, 2.75) is 32.0 Å². The van der Waals surface area contributed by atoms with Crippen molar-refractivity contribution in [1.82, 2.24) is 4.90 Å². The molecule has 4 nitrogen and oxygen atoms in total. The van der Waals surface area contributed by atoms with E-state index in [-0.39, 0.29) is 0 Å². The first-order valence-electron chi connectivity index (χ1n) is 8.22. The van der Waals surface area contributed by atoms with Crippen molar-refractivity contribution in [3.8, 4) is 10.4 Å². The Morgan fingerprint density at radius 1 is 1.32 bits per heavy atom. The molecular formula is C19H21N3OS2. The first-order chi connectivity index (χ1) is 11.9. The number of benzene rings is 1. The van der Waals surface area contributed by atoms with Crippen molar-refractivity contribution in [2.75, 3.05) is 7.05 Å². The molecule has 0 aliphatic carbocycles. The molecule has 0 radical (unpaired) electrons. The number of aliphatic imine (C=N–C) groups is 1. The van der Waals surface area contributed by atoms with Crippen molar-refractivity contribution < 1.29 is 5.11 Å². The Bertz CT molecular complexity index is 974. The zero-order valence-electron chi connectivity index (χ0n) is 14.5. The maximum Gasteiger partial charge on any atom is 0.193 e. The molecule has 1 aliphatic heterocycles. The van der Waals surface area contributed by atoms with E-state index in [4.69, 9.17) is 5.73 Å². The summed E-state index contributed by atoms with van der Waals surface area (Å²) in [6.07, 6.45) is -0.104. The molecule has 0 amide bonds. The molecule has 0 fully saturated rings. The lowest BCUT2D eigenvalue weighted by Crippen LogP contribution is -2.50. The number of aliphatic hydroxyl groups is 1. The molecule has 6 heteroatoms. The van der Waals surface area contributed by atoms with E-state index in [1.54, 1.807) is 23.3 Å². The third-order valence-electron chi connectivity index (χ3n) is 4.95. The summed E-state index contributed by atoms with van der Waals surface area (Å²) in [5.41, 5.74) is 7.86. The molecule has 0 spiro atoms. The molecule has 3 N–H and O–H groups in total. The fourth-order valence-corrected chi connectivity index (χ4v) is 5.25. The van der Waals surface area contributed by atoms with E-state index in [1.807, 2.05) is 18.3 Å². The van der Waals surface area contributed by atoms with Gasteiger partial charge < -0.3 is 15.7 Å². The molecule has 0 saturated carbocycles. The van der Waals surface area contributed by atoms with Crippen molar-refractivity contribution in [3.05, 3.63) is 46.2 Å². The smallest absolute Gasteiger partial charge is 0.193 e. The highest BCUT2D eigenvalue weighted by Gasteiger charge is 2.36. The van der Waals surface area contributed by atoms with Crippen LogP contribution in [0.5, 0.6) is 0 Å². The molecule has 3 aromatic rings. The van der Waals surface area contributed by atoms with Gasteiger partial charge in [0.05, 0.1) is 5.54 Å². The standard InChI is InChI=1S/C19H21N3OS2/c1-11-4-6-16(25-11)14-10-24-15-7-5-12(8-13(14)15)19(2)9-17(23)22(3)18(20)21-19/h4-8,10,17,23H,9H2,1-3H3,(H2,20,21)/t17?,19-/m0/s1. The Labute approximate surface area is 155 Å². The van der Waals surface area contributed by atoms with E-state index < -0.39 is 11.8 Å². The van der Waals surface area contributed by atoms with Crippen LogP contribution in [0.2, 0.25) is 0 Å². The minimum Gasteiger partial charge on any atom is -0.373 e. The highest BCUT2D eigenvalue weighted by Crippen LogP contribution is 2.41. The van der Waals surface area contributed by atoms with Gasteiger partial charge in [0.25, 0.3) is 0 Å². The van der Waals surface area contributed by atoms with Crippen LogP contribution in [-0.2, 0) is 5.54 Å². The second-order valence-electron chi connectivity index (χ2n) is 6.81. The predicted molar refractivity (Wildman–Crippen MR) is 107 cm³/mol. The Balaban J connectivity index is 1.84. The quantitative estimate of drug-likeness (QED) is 0.712. The van der Waals surface area contributed by atoms with Crippen LogP contribution in [0.1, 0.15) is 23.8 Å². The maximum atomic E-state index is 10.3. The third-order valence-corrected chi connectivity index (χ3v) is 6.95. The molecular weight excluding hydrogens is 350 g/mol. The summed E-state index contributed by atoms with van der Waals surface area (Å²) in [5.74, 6) is 0.376. The van der Waals surface area contributed by atoms with E-state index in [2.05, 4.69) is 47.6 Å². The van der Waals surface area contributed by atoms with Crippen molar-refractivity contribution in [1.29, 1.82) is 0 Å². The van der Waals surface area contributed by atoms with Crippen LogP contribution in [0.3, 0.4) is 0 Å². The molecule has 1 aliphatic rings. The SMILES string of the molecule is Cc1ccc(-c2csc3ccc([C@]4(C)CC(O)N(C)C(N)=N4)cc23)s1. The summed E-state index contributed by atoms with van der Waals surface area (Å²) >= 11 is 3.58. The predicted octanol–water partition coefficient (Wildman–Crippen LogP) is 4.12. The van der Waals surface area contributed by atoms with Gasteiger partial charge in [0.2, 0.25) is 0 Å². The first kappa shape index (κ1) is 16.6. The number of aryl methyl sites for hydroxylation is 1. The van der Waals surface area contributed by atoms with Crippen LogP contribution in [0, 0.1) is 6.92 Å². The molecule has 3 heterocycles. The Morgan fingerprint density at radius 3 is 2.80 bits per heavy atom. The van der Waals surface area contributed by atoms with Gasteiger partial charge >= 0.3 is 0 Å². The lowest BCUT2D eigenvalue weighted by molar-refractivity contribution is 0.0292. The summed E-state index contributed by atoms with van der Waals surface area (Å²) in [6, 6.07) is 10.8. The summed E-state index contributed by atoms with van der Waals surface area (Å²) in [7, 11) is 1.77. The van der Waals surface area contributed by atoms with Gasteiger partial charge in [-0.1, -0.05) is 6.07 Å². The van der Waals surface area contributed by atoms with Crippen LogP contribution in [0.25, 0.3) is 20.5 Å². The van der Waals surface area contributed by atoms with Crippen molar-refractivity contribution in [2.24, 2.45) is 10.7 Å². The average Bonchev–Trinajstić information content (AvgIpc) is 3.17. The zero-order valence-corrected chi connectivity index (χ0v) is 16.1. The van der Waals surface area contributed by atoms with Crippen molar-refractivity contribution in [3.63, 3.8) is 0 Å². The number of thiophene rings is 2. The van der Waals surface area contributed by atoms with E-state index in [1.165, 1.54) is 25.4 Å². The monoisotopic (exact) mass is 371 g/mol. The van der Waals surface area contributed by atoms with Gasteiger partial charge in [0, 0.05) is 44.3 Å². The molecule has 1 aromatic carbocycles. The molecule has 2 atom stereocenters. The third kappa shape index (κ3) is 2.74. The number of hydrogen-bond acceptors (Lipinski definition) is 6. The van der Waals surface area contributed by atoms with Gasteiger partial charge in [0.15, 0.2) is 5.96 Å². The lowest BCUT2D eigenvalue weighted by Gasteiger charge is -2.38. The highest BCUT2D eigenvalue weighted by atomic mass is 32.1. The lowest BCUT2D eigenvalue weighted by atomic mass is 9.86. The fraction of sp³-hybridized carbons (Fsp3) is 0.316. The second kappa shape index (κ2) is 5.83. The van der Waals surface area contributed by atoms with Crippen LogP contribution < -0.4 is 5.73 Å². The number of nitrogens with two attached hydrogens (primary N) is 1. The molecule has 0 bridgehead atoms. The Kier molecular flexibility index (Phi) is 3.86. The minimum absolute atomic E-state index is 0.376. The van der Waals surface area contributed by atoms with Gasteiger partial charge in [0.1, 0.15) is 6.23 Å². The zero-order chi connectivity index (χ0) is 17.8. The van der Waals surface area contributed by atoms with Crippen LogP contribution in [0.15, 0.2) is 40.7 Å². The normalized spacial score (nSPS) is 23.9. The molecule has 2 aromatic heterocycles. The molecule has 1 unspecified atom stereocenters. The fourth-order valence-electron chi connectivity index (χ4n) is 3.34. The highest BCUT2D eigenvalue weighted by molar-refractivity contribution is 7.19. The summed E-state index contributed by atoms with van der Waals surface area (Å²) in [5, 5.41) is 13.8. The number of fused-ring (bicyclic) bond motifs is 1. The van der Waals surface area contributed by atoms with Crippen LogP contribution in [-0.4, -0.2) is 29.2 Å². The van der Waals surface area contributed by atoms with E-state index >= 15 is 0 Å². The Morgan fingerprint density at radius 2 is 2.12 bits per heavy atom. The van der Waals surface area contributed by atoms with Gasteiger partial charge in [-0.3, -0.25) is 0 Å². The number of nitrogens with zero attached hydrogens (tertiary/aromatic N) is 2. The second-order valence-corrected chi connectivity index (χ2v) is 9.01. The average molecular weight is 372 g/mol. The topological polar surface area (TPSA) is 61.8 Å². The minimum atomic E-state index is -0.625. The largest absolute Gasteiger partial charge is 0.373 e. The number of guanidine groups is 1. The van der Waals surface area contributed by atoms with Gasteiger partial charge in [-0.2, -0.15) is 0 Å². The van der Waals surface area contributed by atoms with Crippen molar-refractivity contribution >= 4 is 38.7 Å². The van der Waals surface area contributed by atoms with E-state index in [9.17, 15) is 5.11 Å². The van der Waals surface area contributed by atoms with Crippen LogP contribution >= 0.6 is 22.7 Å². The Hall–Kier alpha value is -1.89. The van der Waals surface area contributed by atoms with Gasteiger partial charge in [-0.05, 0) is 43.7 Å². The van der Waals surface area contributed by atoms with Crippen LogP contribution in [0.4, 0.5) is 0 Å². The maximum absolute atomic E-state index is 10.3.